The number of fused-ring (bicyclic) bond motifs is 1. The molecular weight excluding hydrogens is 314 g/mol. The fraction of sp³-hybridized carbons (Fsp3) is 0.381. The smallest absolute Gasteiger partial charge is 0.254 e. The Bertz CT molecular complexity index is 811. The highest BCUT2D eigenvalue weighted by Gasteiger charge is 2.35. The Balaban J connectivity index is 2.01. The molecule has 0 aliphatic carbocycles. The maximum atomic E-state index is 13.1. The molecule has 3 rings (SSSR count). The zero-order chi connectivity index (χ0) is 18.2. The zero-order valence-electron chi connectivity index (χ0n) is 15.6. The lowest BCUT2D eigenvalue weighted by molar-refractivity contribution is 0.0685. The highest BCUT2D eigenvalue weighted by molar-refractivity contribution is 5.95. The van der Waals surface area contributed by atoms with Gasteiger partial charge in [0.15, 0.2) is 11.5 Å². The third kappa shape index (κ3) is 3.09. The van der Waals surface area contributed by atoms with Gasteiger partial charge in [-0.25, -0.2) is 0 Å². The van der Waals surface area contributed by atoms with Crippen LogP contribution in [0, 0.1) is 6.92 Å². The summed E-state index contributed by atoms with van der Waals surface area (Å²) in [7, 11) is 3.28. The van der Waals surface area contributed by atoms with Crippen LogP contribution in [0.5, 0.6) is 11.5 Å². The molecule has 1 aliphatic heterocycles. The molecule has 2 aromatic rings. The number of hydrogen-bond donors (Lipinski definition) is 0. The number of carbonyl (C=O) groups is 1. The predicted molar refractivity (Wildman–Crippen MR) is 98.5 cm³/mol. The molecule has 0 saturated heterocycles. The van der Waals surface area contributed by atoms with Crippen molar-refractivity contribution >= 4 is 5.91 Å². The van der Waals surface area contributed by atoms with E-state index in [1.165, 1.54) is 5.56 Å². The van der Waals surface area contributed by atoms with Gasteiger partial charge in [0.2, 0.25) is 0 Å². The van der Waals surface area contributed by atoms with E-state index in [1.54, 1.807) is 14.2 Å². The third-order valence-electron chi connectivity index (χ3n) is 4.95. The first-order chi connectivity index (χ1) is 11.9. The first-order valence-corrected chi connectivity index (χ1v) is 8.47. The lowest BCUT2D eigenvalue weighted by atomic mass is 9.78. The number of aryl methyl sites for hydroxylation is 1. The van der Waals surface area contributed by atoms with Gasteiger partial charge in [0.1, 0.15) is 0 Å². The topological polar surface area (TPSA) is 38.8 Å². The number of benzene rings is 2. The van der Waals surface area contributed by atoms with Crippen LogP contribution in [0.2, 0.25) is 0 Å². The molecule has 1 amide bonds. The van der Waals surface area contributed by atoms with E-state index in [-0.39, 0.29) is 11.3 Å². The average Bonchev–Trinajstić information content (AvgIpc) is 2.59. The van der Waals surface area contributed by atoms with E-state index in [1.807, 2.05) is 48.2 Å². The molecule has 0 radical (unpaired) electrons. The van der Waals surface area contributed by atoms with E-state index in [0.29, 0.717) is 18.8 Å². The molecule has 0 atom stereocenters. The van der Waals surface area contributed by atoms with E-state index < -0.39 is 0 Å². The summed E-state index contributed by atoms with van der Waals surface area (Å²) in [4.78, 5) is 15.0. The van der Waals surface area contributed by atoms with Crippen molar-refractivity contribution in [1.82, 2.24) is 4.90 Å². The van der Waals surface area contributed by atoms with Crippen molar-refractivity contribution in [3.63, 3.8) is 0 Å². The summed E-state index contributed by atoms with van der Waals surface area (Å²) in [5.74, 6) is 1.50. The van der Waals surface area contributed by atoms with Gasteiger partial charge in [0, 0.05) is 24.1 Å². The van der Waals surface area contributed by atoms with Crippen molar-refractivity contribution in [2.45, 2.75) is 32.7 Å². The van der Waals surface area contributed by atoms with Gasteiger partial charge in [0.25, 0.3) is 5.91 Å². The fourth-order valence-corrected chi connectivity index (χ4v) is 3.63. The summed E-state index contributed by atoms with van der Waals surface area (Å²) in [6.45, 7) is 7.54. The predicted octanol–water partition coefficient (Wildman–Crippen LogP) is 3.95. The SMILES string of the molecule is COc1cc2c(cc1OC)C(C)(C)CN(C(=O)c1ccccc1C)C2. The summed E-state index contributed by atoms with van der Waals surface area (Å²) in [6.07, 6.45) is 0. The lowest BCUT2D eigenvalue weighted by Gasteiger charge is -2.40. The molecule has 0 spiro atoms. The van der Waals surface area contributed by atoms with Crippen molar-refractivity contribution < 1.29 is 14.3 Å². The number of hydrogen-bond acceptors (Lipinski definition) is 3. The van der Waals surface area contributed by atoms with Crippen molar-refractivity contribution in [1.29, 1.82) is 0 Å². The van der Waals surface area contributed by atoms with Gasteiger partial charge in [-0.3, -0.25) is 4.79 Å². The molecule has 0 fully saturated rings. The summed E-state index contributed by atoms with van der Waals surface area (Å²) in [5, 5.41) is 0. The van der Waals surface area contributed by atoms with Crippen LogP contribution in [-0.2, 0) is 12.0 Å². The second-order valence-corrected chi connectivity index (χ2v) is 7.22. The molecule has 2 aromatic carbocycles. The highest BCUT2D eigenvalue weighted by Crippen LogP contribution is 2.40. The molecule has 1 aliphatic rings. The van der Waals surface area contributed by atoms with Crippen molar-refractivity contribution in [2.24, 2.45) is 0 Å². The Morgan fingerprint density at radius 3 is 2.36 bits per heavy atom. The number of carbonyl (C=O) groups excluding carboxylic acids is 1. The first-order valence-electron chi connectivity index (χ1n) is 8.47. The maximum Gasteiger partial charge on any atom is 0.254 e. The normalized spacial score (nSPS) is 15.5. The summed E-state index contributed by atoms with van der Waals surface area (Å²) >= 11 is 0. The Kier molecular flexibility index (Phi) is 4.46. The second-order valence-electron chi connectivity index (χ2n) is 7.22. The van der Waals surface area contributed by atoms with Crippen LogP contribution in [-0.4, -0.2) is 31.6 Å². The molecule has 4 heteroatoms. The minimum Gasteiger partial charge on any atom is -0.493 e. The summed E-state index contributed by atoms with van der Waals surface area (Å²) < 4.78 is 10.9. The number of amides is 1. The van der Waals surface area contributed by atoms with Crippen LogP contribution in [0.15, 0.2) is 36.4 Å². The van der Waals surface area contributed by atoms with E-state index in [4.69, 9.17) is 9.47 Å². The summed E-state index contributed by atoms with van der Waals surface area (Å²) in [6, 6.07) is 11.8. The molecule has 0 saturated carbocycles. The van der Waals surface area contributed by atoms with E-state index in [2.05, 4.69) is 13.8 Å². The number of methoxy groups -OCH3 is 2. The standard InChI is InChI=1S/C21H25NO3/c1-14-8-6-7-9-16(14)20(23)22-12-15-10-18(24-4)19(25-5)11-17(15)21(2,3)13-22/h6-11H,12-13H2,1-5H3. The van der Waals surface area contributed by atoms with Gasteiger partial charge in [-0.1, -0.05) is 32.0 Å². The maximum absolute atomic E-state index is 13.1. The molecule has 0 unspecified atom stereocenters. The average molecular weight is 339 g/mol. The van der Waals surface area contributed by atoms with Gasteiger partial charge in [0.05, 0.1) is 14.2 Å². The first kappa shape index (κ1) is 17.3. The van der Waals surface area contributed by atoms with Gasteiger partial charge in [-0.15, -0.1) is 0 Å². The minimum absolute atomic E-state index is 0.0756. The Morgan fingerprint density at radius 2 is 1.72 bits per heavy atom. The van der Waals surface area contributed by atoms with E-state index >= 15 is 0 Å². The van der Waals surface area contributed by atoms with Crippen LogP contribution < -0.4 is 9.47 Å². The van der Waals surface area contributed by atoms with Crippen molar-refractivity contribution in [3.8, 4) is 11.5 Å². The Morgan fingerprint density at radius 1 is 1.08 bits per heavy atom. The van der Waals surface area contributed by atoms with Crippen LogP contribution in [0.4, 0.5) is 0 Å². The van der Waals surface area contributed by atoms with Crippen molar-refractivity contribution in [2.75, 3.05) is 20.8 Å². The monoisotopic (exact) mass is 339 g/mol. The van der Waals surface area contributed by atoms with Crippen LogP contribution in [0.1, 0.15) is 40.9 Å². The zero-order valence-corrected chi connectivity index (χ0v) is 15.6. The number of ether oxygens (including phenoxy) is 2. The lowest BCUT2D eigenvalue weighted by Crippen LogP contribution is -2.45. The van der Waals surface area contributed by atoms with Crippen LogP contribution in [0.3, 0.4) is 0 Å². The molecule has 0 aromatic heterocycles. The highest BCUT2D eigenvalue weighted by atomic mass is 16.5. The summed E-state index contributed by atoms with van der Waals surface area (Å²) in [5.41, 5.74) is 3.92. The second kappa shape index (κ2) is 6.43. The van der Waals surface area contributed by atoms with E-state index in [0.717, 1.165) is 22.4 Å². The van der Waals surface area contributed by atoms with Gasteiger partial charge in [-0.2, -0.15) is 0 Å². The number of rotatable bonds is 3. The van der Waals surface area contributed by atoms with Crippen LogP contribution in [0.25, 0.3) is 0 Å². The molecular formula is C21H25NO3. The van der Waals surface area contributed by atoms with Crippen LogP contribution >= 0.6 is 0 Å². The van der Waals surface area contributed by atoms with E-state index in [9.17, 15) is 4.79 Å². The molecule has 25 heavy (non-hydrogen) atoms. The van der Waals surface area contributed by atoms with Gasteiger partial charge < -0.3 is 14.4 Å². The Hall–Kier alpha value is -2.49. The molecule has 1 heterocycles. The Labute approximate surface area is 149 Å². The molecule has 0 N–H and O–H groups in total. The third-order valence-corrected chi connectivity index (χ3v) is 4.95. The van der Waals surface area contributed by atoms with Gasteiger partial charge >= 0.3 is 0 Å². The molecule has 4 nitrogen and oxygen atoms in total. The molecule has 132 valence electrons. The fourth-order valence-electron chi connectivity index (χ4n) is 3.63. The quantitative estimate of drug-likeness (QED) is 0.850. The minimum atomic E-state index is -0.161. The van der Waals surface area contributed by atoms with Gasteiger partial charge in [-0.05, 0) is 41.8 Å². The largest absolute Gasteiger partial charge is 0.493 e. The molecule has 0 bridgehead atoms. The van der Waals surface area contributed by atoms with Crippen molar-refractivity contribution in [3.05, 3.63) is 58.7 Å². The number of nitrogens with zero attached hydrogens (tertiary/aromatic N) is 1.